The van der Waals surface area contributed by atoms with Gasteiger partial charge < -0.3 is 19.9 Å². The number of benzene rings is 1. The largest absolute Gasteiger partial charge is 0.494 e. The summed E-state index contributed by atoms with van der Waals surface area (Å²) in [7, 11) is 1.33. The highest BCUT2D eigenvalue weighted by molar-refractivity contribution is 6.04. The molecule has 0 aliphatic rings. The highest BCUT2D eigenvalue weighted by Gasteiger charge is 2.16. The molecule has 0 spiro atoms. The molecule has 0 bridgehead atoms. The Morgan fingerprint density at radius 1 is 1.15 bits per heavy atom. The molecule has 2 aromatic rings. The van der Waals surface area contributed by atoms with Gasteiger partial charge in [0.1, 0.15) is 5.75 Å². The Balaban J connectivity index is 1.94. The fourth-order valence-corrected chi connectivity index (χ4v) is 2.44. The fourth-order valence-electron chi connectivity index (χ4n) is 2.44. The lowest BCUT2D eigenvalue weighted by Crippen LogP contribution is -2.14. The van der Waals surface area contributed by atoms with Gasteiger partial charge in [0.2, 0.25) is 0 Å². The maximum atomic E-state index is 12.3. The smallest absolute Gasteiger partial charge is 0.358 e. The lowest BCUT2D eigenvalue weighted by Gasteiger charge is -2.09. The van der Waals surface area contributed by atoms with E-state index in [1.807, 2.05) is 0 Å². The molecule has 1 amide bonds. The molecule has 0 radical (unpaired) electrons. The van der Waals surface area contributed by atoms with Crippen molar-refractivity contribution in [2.45, 2.75) is 32.6 Å². The second-order valence-corrected chi connectivity index (χ2v) is 5.97. The van der Waals surface area contributed by atoms with Crippen molar-refractivity contribution >= 4 is 17.6 Å². The summed E-state index contributed by atoms with van der Waals surface area (Å²) < 4.78 is 10.7. The Kier molecular flexibility index (Phi) is 7.61. The summed E-state index contributed by atoms with van der Waals surface area (Å²) >= 11 is 0. The Morgan fingerprint density at radius 2 is 1.89 bits per heavy atom. The average molecular weight is 372 g/mol. The van der Waals surface area contributed by atoms with E-state index in [0.717, 1.165) is 18.6 Å². The topological polar surface area (TPSA) is 97.8 Å². The summed E-state index contributed by atoms with van der Waals surface area (Å²) in [6.07, 6.45) is 5.78. The zero-order chi connectivity index (χ0) is 19.6. The van der Waals surface area contributed by atoms with Crippen LogP contribution in [0.25, 0.3) is 0 Å². The lowest BCUT2D eigenvalue weighted by molar-refractivity contribution is 0.0686. The first-order valence-corrected chi connectivity index (χ1v) is 8.86. The first-order chi connectivity index (χ1) is 13.0. The number of aromatic carboxylic acids is 1. The molecule has 144 valence electrons. The Hall–Kier alpha value is -3.09. The number of methoxy groups -OCH3 is 1. The lowest BCUT2D eigenvalue weighted by atomic mass is 10.2. The second-order valence-electron chi connectivity index (χ2n) is 5.97. The Morgan fingerprint density at radius 3 is 2.52 bits per heavy atom. The highest BCUT2D eigenvalue weighted by atomic mass is 16.5. The Labute approximate surface area is 158 Å². The van der Waals surface area contributed by atoms with Gasteiger partial charge in [-0.05, 0) is 36.8 Å². The van der Waals surface area contributed by atoms with Crippen LogP contribution in [0.3, 0.4) is 0 Å². The normalized spacial score (nSPS) is 10.3. The molecule has 7 nitrogen and oxygen atoms in total. The number of carboxylic acid groups (broad SMARTS) is 1. The third kappa shape index (κ3) is 5.99. The summed E-state index contributed by atoms with van der Waals surface area (Å²) in [6.45, 7) is 2.84. The third-order valence-electron chi connectivity index (χ3n) is 3.92. The first-order valence-electron chi connectivity index (χ1n) is 8.86. The number of nitrogens with one attached hydrogen (secondary N) is 1. The number of hydrogen-bond donors (Lipinski definition) is 2. The van der Waals surface area contributed by atoms with E-state index in [9.17, 15) is 9.59 Å². The second kappa shape index (κ2) is 10.2. The number of rotatable bonds is 10. The van der Waals surface area contributed by atoms with Crippen LogP contribution < -0.4 is 14.8 Å². The van der Waals surface area contributed by atoms with E-state index in [1.165, 1.54) is 32.2 Å². The minimum atomic E-state index is -1.22. The quantitative estimate of drug-likeness (QED) is 0.612. The predicted molar refractivity (Wildman–Crippen MR) is 102 cm³/mol. The van der Waals surface area contributed by atoms with E-state index in [-0.39, 0.29) is 17.0 Å². The van der Waals surface area contributed by atoms with Gasteiger partial charge in [-0.15, -0.1) is 0 Å². The van der Waals surface area contributed by atoms with Crippen molar-refractivity contribution in [3.8, 4) is 11.5 Å². The van der Waals surface area contributed by atoms with Gasteiger partial charge in [-0.3, -0.25) is 4.79 Å². The van der Waals surface area contributed by atoms with Crippen LogP contribution in [0.15, 0.2) is 36.5 Å². The number of anilines is 1. The van der Waals surface area contributed by atoms with Crippen molar-refractivity contribution in [3.63, 3.8) is 0 Å². The standard InChI is InChI=1S/C20H24N2O5/c1-3-4-5-6-11-27-16-9-7-15(8-10-16)22-19(23)14-12-17(26-2)18(20(24)25)21-13-14/h7-10,12-13H,3-6,11H2,1-2H3,(H,22,23)(H,24,25). The highest BCUT2D eigenvalue weighted by Crippen LogP contribution is 2.20. The molecule has 0 aliphatic carbocycles. The van der Waals surface area contributed by atoms with Crippen molar-refractivity contribution in [3.05, 3.63) is 47.8 Å². The van der Waals surface area contributed by atoms with Crippen LogP contribution in [0.4, 0.5) is 5.69 Å². The minimum absolute atomic E-state index is 0.0296. The maximum Gasteiger partial charge on any atom is 0.358 e. The van der Waals surface area contributed by atoms with Crippen LogP contribution in [-0.2, 0) is 0 Å². The monoisotopic (exact) mass is 372 g/mol. The number of amides is 1. The number of ether oxygens (including phenoxy) is 2. The summed E-state index contributed by atoms with van der Waals surface area (Å²) in [6, 6.07) is 8.42. The van der Waals surface area contributed by atoms with E-state index in [1.54, 1.807) is 24.3 Å². The fraction of sp³-hybridized carbons (Fsp3) is 0.350. The maximum absolute atomic E-state index is 12.3. The molecule has 1 heterocycles. The zero-order valence-corrected chi connectivity index (χ0v) is 15.5. The molecule has 0 aliphatic heterocycles. The molecule has 0 unspecified atom stereocenters. The number of nitrogens with zero attached hydrogens (tertiary/aromatic N) is 1. The van der Waals surface area contributed by atoms with E-state index >= 15 is 0 Å². The molecule has 1 aromatic carbocycles. The van der Waals surface area contributed by atoms with E-state index < -0.39 is 11.9 Å². The predicted octanol–water partition coefficient (Wildman–Crippen LogP) is 4.00. The minimum Gasteiger partial charge on any atom is -0.494 e. The molecule has 27 heavy (non-hydrogen) atoms. The molecular weight excluding hydrogens is 348 g/mol. The van der Waals surface area contributed by atoms with Crippen molar-refractivity contribution in [2.75, 3.05) is 19.0 Å². The number of unbranched alkanes of at least 4 members (excludes halogenated alkanes) is 3. The molecule has 0 saturated heterocycles. The molecule has 0 fully saturated rings. The van der Waals surface area contributed by atoms with Crippen LogP contribution in [-0.4, -0.2) is 35.7 Å². The Bertz CT molecular complexity index is 774. The van der Waals surface area contributed by atoms with Crippen LogP contribution in [0.1, 0.15) is 53.5 Å². The van der Waals surface area contributed by atoms with Gasteiger partial charge in [-0.2, -0.15) is 0 Å². The average Bonchev–Trinajstić information content (AvgIpc) is 2.68. The number of carbonyl (C=O) groups is 2. The zero-order valence-electron chi connectivity index (χ0n) is 15.5. The van der Waals surface area contributed by atoms with E-state index in [4.69, 9.17) is 14.6 Å². The molecule has 2 rings (SSSR count). The van der Waals surface area contributed by atoms with Gasteiger partial charge >= 0.3 is 5.97 Å². The van der Waals surface area contributed by atoms with Crippen molar-refractivity contribution in [2.24, 2.45) is 0 Å². The van der Waals surface area contributed by atoms with E-state index in [2.05, 4.69) is 17.2 Å². The SMILES string of the molecule is CCCCCCOc1ccc(NC(=O)c2cnc(C(=O)O)c(OC)c2)cc1. The van der Waals surface area contributed by atoms with Crippen molar-refractivity contribution < 1.29 is 24.2 Å². The van der Waals surface area contributed by atoms with Gasteiger partial charge in [-0.25, -0.2) is 9.78 Å². The molecule has 0 saturated carbocycles. The van der Waals surface area contributed by atoms with Crippen LogP contribution in [0.2, 0.25) is 0 Å². The van der Waals surface area contributed by atoms with Crippen LogP contribution in [0.5, 0.6) is 11.5 Å². The summed E-state index contributed by atoms with van der Waals surface area (Å²) in [5, 5.41) is 11.8. The van der Waals surface area contributed by atoms with Crippen LogP contribution >= 0.6 is 0 Å². The van der Waals surface area contributed by atoms with Crippen molar-refractivity contribution in [1.82, 2.24) is 4.98 Å². The van der Waals surface area contributed by atoms with E-state index in [0.29, 0.717) is 12.3 Å². The first kappa shape index (κ1) is 20.2. The number of hydrogen-bond acceptors (Lipinski definition) is 5. The van der Waals surface area contributed by atoms with Gasteiger partial charge in [0, 0.05) is 11.9 Å². The third-order valence-corrected chi connectivity index (χ3v) is 3.92. The van der Waals surface area contributed by atoms with Gasteiger partial charge in [0.25, 0.3) is 5.91 Å². The molecule has 2 N–H and O–H groups in total. The number of pyridine rings is 1. The van der Waals surface area contributed by atoms with Gasteiger partial charge in [0.05, 0.1) is 19.3 Å². The molecule has 1 aromatic heterocycles. The van der Waals surface area contributed by atoms with Gasteiger partial charge in [0.15, 0.2) is 11.4 Å². The molecule has 0 atom stereocenters. The van der Waals surface area contributed by atoms with Crippen LogP contribution in [0, 0.1) is 0 Å². The molecular formula is C20H24N2O5. The number of aromatic nitrogens is 1. The van der Waals surface area contributed by atoms with Crippen molar-refractivity contribution in [1.29, 1.82) is 0 Å². The summed E-state index contributed by atoms with van der Waals surface area (Å²) in [4.78, 5) is 27.2. The number of carbonyl (C=O) groups excluding carboxylic acids is 1. The van der Waals surface area contributed by atoms with Gasteiger partial charge in [-0.1, -0.05) is 26.2 Å². The summed E-state index contributed by atoms with van der Waals surface area (Å²) in [5.74, 6) is -0.851. The molecule has 7 heteroatoms. The number of carboxylic acids is 1. The summed E-state index contributed by atoms with van der Waals surface area (Å²) in [5.41, 5.74) is 0.558.